The van der Waals surface area contributed by atoms with Crippen LogP contribution in [0.1, 0.15) is 31.6 Å². The maximum atomic E-state index is 5.46. The number of thiophene rings is 1. The van der Waals surface area contributed by atoms with Gasteiger partial charge in [-0.2, -0.15) is 0 Å². The van der Waals surface area contributed by atoms with Crippen LogP contribution in [0.25, 0.3) is 0 Å². The summed E-state index contributed by atoms with van der Waals surface area (Å²) in [5.74, 6) is 6.16. The van der Waals surface area contributed by atoms with E-state index in [9.17, 15) is 0 Å². The molecule has 1 fully saturated rings. The van der Waals surface area contributed by atoms with E-state index in [2.05, 4.69) is 47.1 Å². The van der Waals surface area contributed by atoms with Crippen molar-refractivity contribution in [1.82, 2.24) is 10.7 Å². The predicted octanol–water partition coefficient (Wildman–Crippen LogP) is 1.60. The van der Waals surface area contributed by atoms with Gasteiger partial charge in [-0.25, -0.2) is 5.84 Å². The lowest BCUT2D eigenvalue weighted by atomic mass is 9.92. The normalized spacial score (nSPS) is 17.0. The Morgan fingerprint density at radius 2 is 2.35 bits per heavy atom. The van der Waals surface area contributed by atoms with Crippen LogP contribution in [-0.4, -0.2) is 18.5 Å². The van der Waals surface area contributed by atoms with E-state index in [0.717, 1.165) is 6.54 Å². The molecule has 0 unspecified atom stereocenters. The van der Waals surface area contributed by atoms with Crippen molar-refractivity contribution in [3.8, 4) is 0 Å². The highest BCUT2D eigenvalue weighted by Crippen LogP contribution is 2.27. The molecule has 1 aliphatic carbocycles. The summed E-state index contributed by atoms with van der Waals surface area (Å²) in [6, 6.07) is 4.80. The molecule has 1 saturated carbocycles. The molecule has 0 atom stereocenters. The predicted molar refractivity (Wildman–Crippen MR) is 73.1 cm³/mol. The van der Waals surface area contributed by atoms with Gasteiger partial charge in [0.1, 0.15) is 0 Å². The van der Waals surface area contributed by atoms with Crippen molar-refractivity contribution in [3.05, 3.63) is 22.4 Å². The highest BCUT2D eigenvalue weighted by Gasteiger charge is 2.24. The Morgan fingerprint density at radius 3 is 2.88 bits per heavy atom. The number of hydrogen-bond donors (Lipinski definition) is 3. The molecule has 0 spiro atoms. The van der Waals surface area contributed by atoms with Gasteiger partial charge in [0.25, 0.3) is 0 Å². The highest BCUT2D eigenvalue weighted by molar-refractivity contribution is 7.10. The first kappa shape index (κ1) is 12.4. The Hall–Kier alpha value is -1.07. The zero-order chi connectivity index (χ0) is 12.3. The molecule has 0 saturated heterocycles. The summed E-state index contributed by atoms with van der Waals surface area (Å²) in [5.41, 5.74) is 2.69. The minimum Gasteiger partial charge on any atom is -0.353 e. The summed E-state index contributed by atoms with van der Waals surface area (Å²) in [6.07, 6.45) is 2.43. The summed E-state index contributed by atoms with van der Waals surface area (Å²) in [6.45, 7) is 5.13. The fourth-order valence-electron chi connectivity index (χ4n) is 1.57. The molecule has 5 heteroatoms. The molecular formula is C12H20N4S. The van der Waals surface area contributed by atoms with Gasteiger partial charge in [0.15, 0.2) is 0 Å². The molecule has 4 N–H and O–H groups in total. The molecule has 0 aliphatic heterocycles. The highest BCUT2D eigenvalue weighted by atomic mass is 32.1. The summed E-state index contributed by atoms with van der Waals surface area (Å²) in [7, 11) is 0. The number of rotatable bonds is 4. The number of guanidine groups is 1. The molecular weight excluding hydrogens is 232 g/mol. The number of nitrogens with two attached hydrogens (primary N) is 1. The van der Waals surface area contributed by atoms with Gasteiger partial charge in [-0.15, -0.1) is 11.3 Å². The van der Waals surface area contributed by atoms with Gasteiger partial charge in [0, 0.05) is 16.3 Å². The molecule has 0 bridgehead atoms. The van der Waals surface area contributed by atoms with Crippen LogP contribution < -0.4 is 16.6 Å². The molecule has 1 aliphatic rings. The summed E-state index contributed by atoms with van der Waals surface area (Å²) in [5, 5.41) is 5.38. The van der Waals surface area contributed by atoms with Gasteiger partial charge in [0.05, 0.1) is 6.54 Å². The van der Waals surface area contributed by atoms with Gasteiger partial charge in [-0.1, -0.05) is 19.9 Å². The summed E-state index contributed by atoms with van der Waals surface area (Å²) < 4.78 is 0. The Morgan fingerprint density at radius 1 is 1.59 bits per heavy atom. The first-order valence-electron chi connectivity index (χ1n) is 5.93. The first-order chi connectivity index (χ1) is 8.12. The lowest BCUT2D eigenvalue weighted by Crippen LogP contribution is -2.43. The van der Waals surface area contributed by atoms with Crippen LogP contribution in [0.5, 0.6) is 0 Å². The third kappa shape index (κ3) is 3.44. The van der Waals surface area contributed by atoms with Crippen molar-refractivity contribution >= 4 is 17.3 Å². The van der Waals surface area contributed by atoms with Crippen LogP contribution in [0.3, 0.4) is 0 Å². The Labute approximate surface area is 106 Å². The van der Waals surface area contributed by atoms with E-state index >= 15 is 0 Å². The van der Waals surface area contributed by atoms with Crippen LogP contribution in [0.15, 0.2) is 22.5 Å². The lowest BCUT2D eigenvalue weighted by molar-refractivity contribution is 0.548. The van der Waals surface area contributed by atoms with Gasteiger partial charge in [-0.05, 0) is 24.3 Å². The number of aliphatic imine (C=N–C) groups is 1. The number of nitrogens with one attached hydrogen (secondary N) is 2. The van der Waals surface area contributed by atoms with Gasteiger partial charge >= 0.3 is 0 Å². The largest absolute Gasteiger partial charge is 0.353 e. The van der Waals surface area contributed by atoms with Crippen LogP contribution in [0.4, 0.5) is 0 Å². The van der Waals surface area contributed by atoms with Crippen molar-refractivity contribution in [1.29, 1.82) is 0 Å². The number of hydrogen-bond acceptors (Lipinski definition) is 3. The van der Waals surface area contributed by atoms with Gasteiger partial charge in [-0.3, -0.25) is 10.4 Å². The molecule has 17 heavy (non-hydrogen) atoms. The van der Waals surface area contributed by atoms with Gasteiger partial charge in [0.2, 0.25) is 5.96 Å². The van der Waals surface area contributed by atoms with Crippen LogP contribution in [0, 0.1) is 0 Å². The molecule has 2 rings (SSSR count). The fraction of sp³-hybridized carbons (Fsp3) is 0.583. The average molecular weight is 252 g/mol. The molecule has 94 valence electrons. The molecule has 0 amide bonds. The maximum Gasteiger partial charge on any atom is 0.205 e. The SMILES string of the molecule is CC(C)(CN=C(NN)NC1CC1)c1cccs1. The van der Waals surface area contributed by atoms with E-state index in [-0.39, 0.29) is 5.41 Å². The van der Waals surface area contributed by atoms with Crippen molar-refractivity contribution in [2.24, 2.45) is 10.8 Å². The molecule has 0 aromatic carbocycles. The first-order valence-corrected chi connectivity index (χ1v) is 6.81. The van der Waals surface area contributed by atoms with E-state index < -0.39 is 0 Å². The van der Waals surface area contributed by atoms with E-state index in [4.69, 9.17) is 5.84 Å². The number of nitrogens with zero attached hydrogens (tertiary/aromatic N) is 1. The molecule has 4 nitrogen and oxygen atoms in total. The summed E-state index contributed by atoms with van der Waals surface area (Å²) >= 11 is 1.77. The third-order valence-electron chi connectivity index (χ3n) is 2.88. The topological polar surface area (TPSA) is 62.4 Å². The quantitative estimate of drug-likeness (QED) is 0.330. The minimum absolute atomic E-state index is 0.0570. The van der Waals surface area contributed by atoms with E-state index in [1.54, 1.807) is 11.3 Å². The second kappa shape index (κ2) is 5.06. The summed E-state index contributed by atoms with van der Waals surface area (Å²) in [4.78, 5) is 5.88. The lowest BCUT2D eigenvalue weighted by Gasteiger charge is -2.21. The monoisotopic (exact) mass is 252 g/mol. The fourth-order valence-corrected chi connectivity index (χ4v) is 2.42. The number of hydrazine groups is 1. The van der Waals surface area contributed by atoms with E-state index in [1.165, 1.54) is 17.7 Å². The van der Waals surface area contributed by atoms with Crippen LogP contribution in [-0.2, 0) is 5.41 Å². The standard InChI is InChI=1S/C12H20N4S/c1-12(2,10-4-3-7-17-10)8-14-11(16-13)15-9-5-6-9/h3-4,7,9H,5-6,8,13H2,1-2H3,(H2,14,15,16). The Balaban J connectivity index is 1.96. The average Bonchev–Trinajstić information content (AvgIpc) is 2.94. The van der Waals surface area contributed by atoms with Crippen molar-refractivity contribution in [2.45, 2.75) is 38.1 Å². The molecule has 1 heterocycles. The Bertz CT molecular complexity index is 379. The second-order valence-electron chi connectivity index (χ2n) is 5.09. The third-order valence-corrected chi connectivity index (χ3v) is 4.11. The Kier molecular flexibility index (Phi) is 3.69. The van der Waals surface area contributed by atoms with Crippen LogP contribution in [0.2, 0.25) is 0 Å². The van der Waals surface area contributed by atoms with Gasteiger partial charge < -0.3 is 5.32 Å². The van der Waals surface area contributed by atoms with Crippen LogP contribution >= 0.6 is 11.3 Å². The van der Waals surface area contributed by atoms with Crippen molar-refractivity contribution in [3.63, 3.8) is 0 Å². The van der Waals surface area contributed by atoms with Crippen molar-refractivity contribution < 1.29 is 0 Å². The zero-order valence-electron chi connectivity index (χ0n) is 10.4. The zero-order valence-corrected chi connectivity index (χ0v) is 11.2. The van der Waals surface area contributed by atoms with E-state index in [1.807, 2.05) is 0 Å². The minimum atomic E-state index is 0.0570. The van der Waals surface area contributed by atoms with E-state index in [0.29, 0.717) is 12.0 Å². The molecule has 0 radical (unpaired) electrons. The smallest absolute Gasteiger partial charge is 0.205 e. The van der Waals surface area contributed by atoms with Crippen molar-refractivity contribution in [2.75, 3.05) is 6.54 Å². The molecule has 1 aromatic heterocycles. The molecule has 1 aromatic rings. The second-order valence-corrected chi connectivity index (χ2v) is 6.04. The maximum absolute atomic E-state index is 5.46.